The number of hydrogen-bond acceptors (Lipinski definition) is 2. The highest BCUT2D eigenvalue weighted by Crippen LogP contribution is 2.38. The van der Waals surface area contributed by atoms with E-state index in [1.54, 1.807) is 0 Å². The van der Waals surface area contributed by atoms with Crippen LogP contribution in [0.15, 0.2) is 115 Å². The van der Waals surface area contributed by atoms with Crippen molar-refractivity contribution in [1.29, 1.82) is 0 Å². The molecule has 4 aromatic carbocycles. The van der Waals surface area contributed by atoms with E-state index < -0.39 is 0 Å². The summed E-state index contributed by atoms with van der Waals surface area (Å²) < 4.78 is 0. The van der Waals surface area contributed by atoms with E-state index in [2.05, 4.69) is 131 Å². The fourth-order valence-electron chi connectivity index (χ4n) is 6.26. The molecule has 0 fully saturated rings. The zero-order valence-corrected chi connectivity index (χ0v) is 22.6. The molecule has 9 rings (SSSR count). The molecule has 2 N–H and O–H groups in total. The van der Waals surface area contributed by atoms with Gasteiger partial charge in [-0.1, -0.05) is 54.6 Å². The zero-order chi connectivity index (χ0) is 27.6. The smallest absolute Gasteiger partial charge is 0.0736 e. The van der Waals surface area contributed by atoms with E-state index in [9.17, 15) is 0 Å². The van der Waals surface area contributed by atoms with Gasteiger partial charge in [0.05, 0.1) is 22.8 Å². The van der Waals surface area contributed by atoms with Gasteiger partial charge in [-0.25, -0.2) is 9.97 Å². The van der Waals surface area contributed by atoms with E-state index in [-0.39, 0.29) is 0 Å². The minimum Gasteiger partial charge on any atom is -0.355 e. The van der Waals surface area contributed by atoms with Gasteiger partial charge in [0.25, 0.3) is 0 Å². The predicted octanol–water partition coefficient (Wildman–Crippen LogP) is 9.53. The first kappa shape index (κ1) is 23.0. The van der Waals surface area contributed by atoms with Crippen LogP contribution >= 0.6 is 0 Å². The third-order valence-electron chi connectivity index (χ3n) is 8.18. The van der Waals surface area contributed by atoms with Crippen LogP contribution in [0.5, 0.6) is 0 Å². The Kier molecular flexibility index (Phi) is 4.87. The minimum absolute atomic E-state index is 0.909. The predicted molar refractivity (Wildman–Crippen MR) is 176 cm³/mol. The summed E-state index contributed by atoms with van der Waals surface area (Å²) in [5, 5.41) is 7.44. The number of fused-ring (bicyclic) bond motifs is 12. The Morgan fingerprint density at radius 2 is 1.07 bits per heavy atom. The van der Waals surface area contributed by atoms with E-state index in [4.69, 9.17) is 9.97 Å². The monoisotopic (exact) mass is 536 g/mol. The van der Waals surface area contributed by atoms with Gasteiger partial charge >= 0.3 is 0 Å². The first-order chi connectivity index (χ1) is 20.7. The summed E-state index contributed by atoms with van der Waals surface area (Å²) in [6, 6.07) is 41.0. The topological polar surface area (TPSA) is 57.4 Å². The molecule has 4 nitrogen and oxygen atoms in total. The molecule has 0 atom stereocenters. The molecule has 42 heavy (non-hydrogen) atoms. The van der Waals surface area contributed by atoms with Gasteiger partial charge in [-0.3, -0.25) is 0 Å². The van der Waals surface area contributed by atoms with Crippen molar-refractivity contribution in [3.05, 3.63) is 144 Å². The average Bonchev–Trinajstić information content (AvgIpc) is 3.81. The number of H-pyrrole nitrogens is 2. The third-order valence-corrected chi connectivity index (χ3v) is 8.18. The second-order valence-electron chi connectivity index (χ2n) is 11.0. The molecule has 0 saturated heterocycles. The molecule has 2 aliphatic rings. The molecule has 0 saturated carbocycles. The number of nitrogens with one attached hydrogen (secondary N) is 2. The fraction of sp³-hybridized carbons (Fsp3) is 0. The van der Waals surface area contributed by atoms with Crippen molar-refractivity contribution in [2.45, 2.75) is 0 Å². The van der Waals surface area contributed by atoms with E-state index in [0.29, 0.717) is 0 Å². The molecule has 2 aliphatic heterocycles. The van der Waals surface area contributed by atoms with Gasteiger partial charge in [0.1, 0.15) is 0 Å². The quantitative estimate of drug-likeness (QED) is 0.162. The second-order valence-corrected chi connectivity index (χ2v) is 11.0. The van der Waals surface area contributed by atoms with E-state index in [0.717, 1.165) is 50.4 Å². The standard InChI is InChI=1S/C38H24N4/c1-2-5-25-17-35-26(16-24(25)4-1)9-8-23-6-3-7-34(38(23)35)36-21-33-20-31-13-12-29(40-31)18-27-10-11-28(39-27)19-30-14-15-32(41-30)22-37(36)42-33/h1-22,40-41H. The first-order valence-corrected chi connectivity index (χ1v) is 14.1. The second kappa shape index (κ2) is 8.88. The molecular formula is C38H24N4. The Bertz CT molecular complexity index is 2470. The molecule has 0 amide bonds. The lowest BCUT2D eigenvalue weighted by Gasteiger charge is -2.12. The SMILES string of the molecule is C1=Cc2cc3ccc(cc4nc(cc5ccc(cc1n2)[nH]5)C=C4c1cccc2ccc4cc5ccccc5cc4c12)[nH]3. The fourth-order valence-corrected chi connectivity index (χ4v) is 6.26. The van der Waals surface area contributed by atoms with E-state index in [1.165, 1.54) is 37.9 Å². The largest absolute Gasteiger partial charge is 0.355 e. The van der Waals surface area contributed by atoms with Crippen LogP contribution in [0.2, 0.25) is 0 Å². The van der Waals surface area contributed by atoms with Crippen LogP contribution in [0.4, 0.5) is 0 Å². The van der Waals surface area contributed by atoms with Gasteiger partial charge in [0.2, 0.25) is 0 Å². The number of benzene rings is 4. The lowest BCUT2D eigenvalue weighted by molar-refractivity contribution is 1.30. The number of hydrogen-bond donors (Lipinski definition) is 2. The Morgan fingerprint density at radius 1 is 0.452 bits per heavy atom. The Labute approximate surface area is 241 Å². The maximum Gasteiger partial charge on any atom is 0.0736 e. The van der Waals surface area contributed by atoms with E-state index in [1.807, 2.05) is 12.2 Å². The maximum absolute atomic E-state index is 5.15. The van der Waals surface area contributed by atoms with E-state index >= 15 is 0 Å². The zero-order valence-electron chi connectivity index (χ0n) is 22.6. The molecule has 0 spiro atoms. The van der Waals surface area contributed by atoms with Crippen molar-refractivity contribution < 1.29 is 0 Å². The summed E-state index contributed by atoms with van der Waals surface area (Å²) in [4.78, 5) is 17.0. The average molecular weight is 537 g/mol. The molecule has 4 heteroatoms. The number of aromatic nitrogens is 4. The van der Waals surface area contributed by atoms with Gasteiger partial charge < -0.3 is 9.97 Å². The van der Waals surface area contributed by atoms with Gasteiger partial charge in [-0.2, -0.15) is 0 Å². The highest BCUT2D eigenvalue weighted by Gasteiger charge is 2.17. The van der Waals surface area contributed by atoms with Crippen LogP contribution < -0.4 is 0 Å². The maximum atomic E-state index is 5.15. The molecule has 8 bridgehead atoms. The molecule has 3 aromatic heterocycles. The number of aromatic amines is 2. The van der Waals surface area contributed by atoms with Crippen molar-refractivity contribution in [1.82, 2.24) is 19.9 Å². The summed E-state index contributed by atoms with van der Waals surface area (Å²) in [6.07, 6.45) is 6.29. The van der Waals surface area contributed by atoms with Crippen molar-refractivity contribution >= 4 is 78.2 Å². The number of nitrogens with zero attached hydrogens (tertiary/aromatic N) is 2. The van der Waals surface area contributed by atoms with Crippen LogP contribution in [0.25, 0.3) is 78.2 Å². The lowest BCUT2D eigenvalue weighted by Crippen LogP contribution is -1.89. The molecule has 196 valence electrons. The van der Waals surface area contributed by atoms with Gasteiger partial charge in [0, 0.05) is 27.6 Å². The summed E-state index contributed by atoms with van der Waals surface area (Å²) in [5.41, 5.74) is 9.97. The minimum atomic E-state index is 0.909. The summed E-state index contributed by atoms with van der Waals surface area (Å²) in [6.45, 7) is 0. The molecule has 0 aliphatic carbocycles. The van der Waals surface area contributed by atoms with Crippen LogP contribution in [-0.4, -0.2) is 19.9 Å². The highest BCUT2D eigenvalue weighted by molar-refractivity contribution is 6.17. The van der Waals surface area contributed by atoms with Gasteiger partial charge in [-0.15, -0.1) is 0 Å². The van der Waals surface area contributed by atoms with Crippen molar-refractivity contribution in [2.75, 3.05) is 0 Å². The third kappa shape index (κ3) is 3.85. The first-order valence-electron chi connectivity index (χ1n) is 14.1. The molecule has 0 radical (unpaired) electrons. The summed E-state index contributed by atoms with van der Waals surface area (Å²) >= 11 is 0. The Balaban J connectivity index is 1.34. The Morgan fingerprint density at radius 3 is 1.81 bits per heavy atom. The van der Waals surface area contributed by atoms with Crippen molar-refractivity contribution in [3.8, 4) is 0 Å². The van der Waals surface area contributed by atoms with Crippen LogP contribution in [0.3, 0.4) is 0 Å². The highest BCUT2D eigenvalue weighted by atomic mass is 14.8. The van der Waals surface area contributed by atoms with Crippen LogP contribution in [-0.2, 0) is 0 Å². The summed E-state index contributed by atoms with van der Waals surface area (Å²) in [7, 11) is 0. The van der Waals surface area contributed by atoms with Crippen molar-refractivity contribution in [2.24, 2.45) is 0 Å². The van der Waals surface area contributed by atoms with Crippen LogP contribution in [0.1, 0.15) is 28.3 Å². The van der Waals surface area contributed by atoms with Gasteiger partial charge in [0.15, 0.2) is 0 Å². The molecule has 5 heterocycles. The molecule has 0 unspecified atom stereocenters. The lowest BCUT2D eigenvalue weighted by atomic mass is 9.91. The summed E-state index contributed by atoms with van der Waals surface area (Å²) in [5.74, 6) is 0. The van der Waals surface area contributed by atoms with Gasteiger partial charge in [-0.05, 0) is 117 Å². The number of rotatable bonds is 1. The molecule has 7 aromatic rings. The molecular weight excluding hydrogens is 512 g/mol. The normalized spacial score (nSPS) is 12.8. The van der Waals surface area contributed by atoms with Crippen molar-refractivity contribution in [3.63, 3.8) is 0 Å². The Hall–Kier alpha value is -5.74. The van der Waals surface area contributed by atoms with Crippen LogP contribution in [0, 0.1) is 0 Å².